The molecule has 0 aromatic carbocycles. The van der Waals surface area contributed by atoms with E-state index in [1.54, 1.807) is 6.92 Å². The van der Waals surface area contributed by atoms with Gasteiger partial charge in [0, 0.05) is 19.4 Å². The van der Waals surface area contributed by atoms with Crippen LogP contribution in [0.15, 0.2) is 24.3 Å². The summed E-state index contributed by atoms with van der Waals surface area (Å²) in [5, 5.41) is 8.83. The smallest absolute Gasteiger partial charge is 0.310 e. The van der Waals surface area contributed by atoms with Gasteiger partial charge >= 0.3 is 5.97 Å². The first-order valence-corrected chi connectivity index (χ1v) is 9.05. The van der Waals surface area contributed by atoms with Crippen molar-refractivity contribution in [1.82, 2.24) is 0 Å². The molecule has 0 bridgehead atoms. The Bertz CT molecular complexity index is 449. The van der Waals surface area contributed by atoms with Crippen LogP contribution >= 0.6 is 0 Å². The lowest BCUT2D eigenvalue weighted by atomic mass is 10.0. The molecule has 0 rings (SSSR count). The molecule has 0 aliphatic carbocycles. The molecule has 0 saturated heterocycles. The average Bonchev–Trinajstić information content (AvgIpc) is 2.61. The molecule has 0 spiro atoms. The highest BCUT2D eigenvalue weighted by Crippen LogP contribution is 2.11. The molecule has 3 nitrogen and oxygen atoms in total. The van der Waals surface area contributed by atoms with E-state index in [2.05, 4.69) is 37.8 Å². The van der Waals surface area contributed by atoms with Gasteiger partial charge in [0.05, 0.1) is 12.5 Å². The van der Waals surface area contributed by atoms with Gasteiger partial charge in [-0.2, -0.15) is 0 Å². The van der Waals surface area contributed by atoms with E-state index in [-0.39, 0.29) is 31.8 Å². The van der Waals surface area contributed by atoms with E-state index in [0.29, 0.717) is 25.9 Å². The monoisotopic (exact) mass is 362 g/mol. The number of terminal acetylenes is 2. The highest BCUT2D eigenvalue weighted by atomic mass is 16.5. The Kier molecular flexibility index (Phi) is 25.5. The molecule has 0 radical (unpaired) electrons. The van der Waals surface area contributed by atoms with Crippen molar-refractivity contribution in [2.45, 2.75) is 66.7 Å². The van der Waals surface area contributed by atoms with Gasteiger partial charge in [0.1, 0.15) is 0 Å². The Morgan fingerprint density at radius 3 is 1.96 bits per heavy atom. The molecule has 3 heteroatoms. The van der Waals surface area contributed by atoms with Crippen LogP contribution in [0.2, 0.25) is 0 Å². The largest absolute Gasteiger partial charge is 0.466 e. The summed E-state index contributed by atoms with van der Waals surface area (Å²) in [7, 11) is 0. The zero-order valence-corrected chi connectivity index (χ0v) is 16.0. The van der Waals surface area contributed by atoms with Crippen molar-refractivity contribution >= 4 is 5.97 Å². The number of hydrogen-bond donors (Lipinski definition) is 1. The minimum Gasteiger partial charge on any atom is -0.466 e. The normalized spacial score (nSPS) is 12.2. The molecule has 2 atom stereocenters. The van der Waals surface area contributed by atoms with Crippen LogP contribution in [0.1, 0.15) is 66.7 Å². The van der Waals surface area contributed by atoms with E-state index in [4.69, 9.17) is 22.7 Å². The second-order valence-corrected chi connectivity index (χ2v) is 5.54. The van der Waals surface area contributed by atoms with E-state index >= 15 is 0 Å². The van der Waals surface area contributed by atoms with Gasteiger partial charge in [0.15, 0.2) is 0 Å². The Labute approximate surface area is 161 Å². The predicted octanol–water partition coefficient (Wildman–Crippen LogP) is 5.16. The highest BCUT2D eigenvalue weighted by Gasteiger charge is 2.16. The summed E-state index contributed by atoms with van der Waals surface area (Å²) in [6, 6.07) is 0. The van der Waals surface area contributed by atoms with Crippen molar-refractivity contribution in [3.05, 3.63) is 24.3 Å². The number of aliphatic hydroxyl groups is 1. The lowest BCUT2D eigenvalue weighted by Crippen LogP contribution is -2.16. The van der Waals surface area contributed by atoms with Crippen molar-refractivity contribution in [3.8, 4) is 24.7 Å². The quantitative estimate of drug-likeness (QED) is 0.314. The standard InChI is InChI=1S/C12H18O2.C10H16O.CH4/c1-4-7-8-10-11(9-5-2)12(13)14-6-3;1-3-5-6-8-10(9-11)7-4-2;/h2,7-8,11H,4,6,9-10H2,1,3H3;2,5-6,10-11H,3,7-9H2,1H3;1H4/b8-7-;6-5-;. The molecule has 1 N–H and O–H groups in total. The number of allylic oxidation sites excluding steroid dienone is 4. The summed E-state index contributed by atoms with van der Waals surface area (Å²) < 4.78 is 4.92. The van der Waals surface area contributed by atoms with Gasteiger partial charge in [0.2, 0.25) is 0 Å². The summed E-state index contributed by atoms with van der Waals surface area (Å²) >= 11 is 0. The van der Waals surface area contributed by atoms with Crippen LogP contribution in [-0.2, 0) is 9.53 Å². The van der Waals surface area contributed by atoms with E-state index < -0.39 is 0 Å². The second kappa shape index (κ2) is 23.0. The van der Waals surface area contributed by atoms with E-state index in [1.807, 2.05) is 12.2 Å². The second-order valence-electron chi connectivity index (χ2n) is 5.54. The van der Waals surface area contributed by atoms with Crippen LogP contribution in [0.4, 0.5) is 0 Å². The average molecular weight is 363 g/mol. The Hall–Kier alpha value is -1.97. The van der Waals surface area contributed by atoms with Crippen LogP contribution in [0, 0.1) is 36.5 Å². The van der Waals surface area contributed by atoms with Gasteiger partial charge in [-0.05, 0) is 38.5 Å². The number of carbonyl (C=O) groups is 1. The third-order valence-electron chi connectivity index (χ3n) is 3.34. The Morgan fingerprint density at radius 2 is 1.54 bits per heavy atom. The van der Waals surface area contributed by atoms with Crippen LogP contribution in [-0.4, -0.2) is 24.3 Å². The molecule has 0 amide bonds. The molecule has 148 valence electrons. The van der Waals surface area contributed by atoms with Gasteiger partial charge in [-0.1, -0.05) is 45.6 Å². The zero-order valence-electron chi connectivity index (χ0n) is 16.0. The van der Waals surface area contributed by atoms with Gasteiger partial charge in [-0.15, -0.1) is 24.7 Å². The molecule has 2 unspecified atom stereocenters. The minimum atomic E-state index is -0.189. The highest BCUT2D eigenvalue weighted by molar-refractivity contribution is 5.73. The number of ether oxygens (including phenoxy) is 1. The number of esters is 1. The fourth-order valence-electron chi connectivity index (χ4n) is 1.94. The molecule has 0 aliphatic rings. The van der Waals surface area contributed by atoms with Crippen LogP contribution in [0.5, 0.6) is 0 Å². The molecule has 0 saturated carbocycles. The van der Waals surface area contributed by atoms with Crippen molar-refractivity contribution in [1.29, 1.82) is 0 Å². The number of rotatable bonds is 11. The molecule has 0 aromatic heterocycles. The van der Waals surface area contributed by atoms with Crippen molar-refractivity contribution in [2.24, 2.45) is 11.8 Å². The predicted molar refractivity (Wildman–Crippen MR) is 112 cm³/mol. The Morgan fingerprint density at radius 1 is 1.00 bits per heavy atom. The third kappa shape index (κ3) is 18.4. The third-order valence-corrected chi connectivity index (χ3v) is 3.34. The van der Waals surface area contributed by atoms with E-state index in [9.17, 15) is 4.79 Å². The first kappa shape index (κ1) is 28.8. The summed E-state index contributed by atoms with van der Waals surface area (Å²) in [5.74, 6) is 4.94. The topological polar surface area (TPSA) is 46.5 Å². The molecule has 0 aliphatic heterocycles. The van der Waals surface area contributed by atoms with Crippen molar-refractivity contribution in [2.75, 3.05) is 13.2 Å². The number of carbonyl (C=O) groups excluding carboxylic acids is 1. The molecule has 0 aromatic rings. The lowest BCUT2D eigenvalue weighted by molar-refractivity contribution is -0.147. The fraction of sp³-hybridized carbons (Fsp3) is 0.609. The number of aliphatic hydroxyl groups excluding tert-OH is 1. The summed E-state index contributed by atoms with van der Waals surface area (Å²) in [6.45, 7) is 6.55. The maximum absolute atomic E-state index is 11.4. The van der Waals surface area contributed by atoms with Gasteiger partial charge in [-0.25, -0.2) is 0 Å². The van der Waals surface area contributed by atoms with Crippen LogP contribution in [0.3, 0.4) is 0 Å². The summed E-state index contributed by atoms with van der Waals surface area (Å²) in [5.41, 5.74) is 0. The van der Waals surface area contributed by atoms with Gasteiger partial charge in [0.25, 0.3) is 0 Å². The first-order valence-electron chi connectivity index (χ1n) is 9.05. The summed E-state index contributed by atoms with van der Waals surface area (Å²) in [6.07, 6.45) is 23.2. The number of hydrogen-bond acceptors (Lipinski definition) is 3. The maximum atomic E-state index is 11.4. The Balaban J connectivity index is -0.000000402. The summed E-state index contributed by atoms with van der Waals surface area (Å²) in [4.78, 5) is 11.4. The molecular formula is C23H38O3. The molecular weight excluding hydrogens is 324 g/mol. The SMILES string of the molecule is C.C#CCC(C/C=C\CC)C(=O)OCC.C#CCC(CO)C/C=C\CC. The maximum Gasteiger partial charge on any atom is 0.310 e. The lowest BCUT2D eigenvalue weighted by Gasteiger charge is -2.10. The fourth-order valence-corrected chi connectivity index (χ4v) is 1.94. The molecule has 0 heterocycles. The molecule has 0 fully saturated rings. The zero-order chi connectivity index (χ0) is 19.3. The van der Waals surface area contributed by atoms with Crippen molar-refractivity contribution in [3.63, 3.8) is 0 Å². The van der Waals surface area contributed by atoms with E-state index in [0.717, 1.165) is 19.3 Å². The van der Waals surface area contributed by atoms with Gasteiger partial charge in [-0.3, -0.25) is 4.79 Å². The van der Waals surface area contributed by atoms with Crippen LogP contribution in [0.25, 0.3) is 0 Å². The van der Waals surface area contributed by atoms with Gasteiger partial charge < -0.3 is 9.84 Å². The van der Waals surface area contributed by atoms with E-state index in [1.165, 1.54) is 0 Å². The molecule has 26 heavy (non-hydrogen) atoms. The van der Waals surface area contributed by atoms with Crippen LogP contribution < -0.4 is 0 Å². The minimum absolute atomic E-state index is 0. The van der Waals surface area contributed by atoms with Crippen molar-refractivity contribution < 1.29 is 14.6 Å². The first-order chi connectivity index (χ1) is 12.1.